The minimum absolute atomic E-state index is 0.0304. The lowest BCUT2D eigenvalue weighted by Crippen LogP contribution is -2.20. The van der Waals surface area contributed by atoms with E-state index >= 15 is 0 Å². The van der Waals surface area contributed by atoms with Crippen molar-refractivity contribution in [2.45, 2.75) is 31.6 Å². The quantitative estimate of drug-likeness (QED) is 0.396. The molecule has 0 bridgehead atoms. The summed E-state index contributed by atoms with van der Waals surface area (Å²) >= 11 is 0. The largest absolute Gasteiger partial charge is 0.465 e. The van der Waals surface area contributed by atoms with Crippen LogP contribution in [0.3, 0.4) is 0 Å². The highest BCUT2D eigenvalue weighted by Crippen LogP contribution is 2.16. The second-order valence-electron chi connectivity index (χ2n) is 5.09. The molecule has 0 aliphatic heterocycles. The van der Waals surface area contributed by atoms with Gasteiger partial charge in [0, 0.05) is 12.8 Å². The molecule has 0 spiro atoms. The Bertz CT molecular complexity index is 589. The van der Waals surface area contributed by atoms with Crippen molar-refractivity contribution in [3.63, 3.8) is 0 Å². The molecule has 0 radical (unpaired) electrons. The average molecular weight is 326 g/mol. The Kier molecular flexibility index (Phi) is 7.27. The third-order valence-electron chi connectivity index (χ3n) is 3.07. The van der Waals surface area contributed by atoms with Gasteiger partial charge < -0.3 is 4.74 Å². The van der Waals surface area contributed by atoms with Crippen molar-refractivity contribution in [2.24, 2.45) is 5.92 Å². The number of carbonyl (C=O) groups is 1. The van der Waals surface area contributed by atoms with Gasteiger partial charge in [-0.2, -0.15) is 8.42 Å². The molecule has 0 saturated carbocycles. The van der Waals surface area contributed by atoms with Gasteiger partial charge >= 0.3 is 5.97 Å². The number of hydrogen-bond donors (Lipinski definition) is 0. The highest BCUT2D eigenvalue weighted by Gasteiger charge is 2.19. The number of benzene rings is 1. The van der Waals surface area contributed by atoms with Crippen LogP contribution in [0.1, 0.15) is 25.3 Å². The fourth-order valence-corrected chi connectivity index (χ4v) is 2.74. The molecule has 0 saturated heterocycles. The monoisotopic (exact) mass is 326 g/mol. The summed E-state index contributed by atoms with van der Waals surface area (Å²) < 4.78 is 34.3. The molecule has 0 fully saturated rings. The molecule has 0 N–H and O–H groups in total. The van der Waals surface area contributed by atoms with Gasteiger partial charge in [0.05, 0.1) is 18.1 Å². The van der Waals surface area contributed by atoms with Crippen LogP contribution in [0, 0.1) is 12.8 Å². The fraction of sp³-hybridized carbons (Fsp3) is 0.438. The van der Waals surface area contributed by atoms with Crippen molar-refractivity contribution in [3.8, 4) is 0 Å². The molecule has 1 aromatic carbocycles. The highest BCUT2D eigenvalue weighted by atomic mass is 32.2. The Morgan fingerprint density at radius 1 is 1.27 bits per heavy atom. The van der Waals surface area contributed by atoms with Gasteiger partial charge in [0.15, 0.2) is 0 Å². The van der Waals surface area contributed by atoms with E-state index in [9.17, 15) is 13.2 Å². The number of ether oxygens (including phenoxy) is 1. The van der Waals surface area contributed by atoms with Crippen LogP contribution in [-0.2, 0) is 23.8 Å². The third kappa shape index (κ3) is 6.41. The molecular weight excluding hydrogens is 304 g/mol. The first-order valence-electron chi connectivity index (χ1n) is 7.05. The van der Waals surface area contributed by atoms with E-state index in [0.717, 1.165) is 5.56 Å². The standard InChI is InChI=1S/C16H22O5S/c1-4-5-6-15(11-20-14(3)17)12-21-22(18,19)16-9-7-13(2)8-10-16/h4,7-10,15H,1,5-6,11-12H2,2-3H3. The van der Waals surface area contributed by atoms with Gasteiger partial charge in [-0.3, -0.25) is 8.98 Å². The molecule has 1 aromatic rings. The molecule has 22 heavy (non-hydrogen) atoms. The summed E-state index contributed by atoms with van der Waals surface area (Å²) in [6.45, 7) is 6.92. The first-order valence-corrected chi connectivity index (χ1v) is 8.46. The summed E-state index contributed by atoms with van der Waals surface area (Å²) in [7, 11) is -3.80. The number of rotatable bonds is 9. The minimum Gasteiger partial charge on any atom is -0.465 e. The van der Waals surface area contributed by atoms with Gasteiger partial charge in [-0.1, -0.05) is 23.8 Å². The van der Waals surface area contributed by atoms with Crippen LogP contribution in [0.4, 0.5) is 0 Å². The number of esters is 1. The lowest BCUT2D eigenvalue weighted by molar-refractivity contribution is -0.142. The van der Waals surface area contributed by atoms with Crippen molar-refractivity contribution < 1.29 is 22.1 Å². The molecular formula is C16H22O5S. The summed E-state index contributed by atoms with van der Waals surface area (Å²) in [5.74, 6) is -0.591. The van der Waals surface area contributed by atoms with Gasteiger partial charge in [-0.15, -0.1) is 6.58 Å². The first kappa shape index (κ1) is 18.4. The van der Waals surface area contributed by atoms with E-state index in [1.165, 1.54) is 19.1 Å². The van der Waals surface area contributed by atoms with Crippen molar-refractivity contribution in [3.05, 3.63) is 42.5 Å². The van der Waals surface area contributed by atoms with Crippen molar-refractivity contribution in [2.75, 3.05) is 13.2 Å². The Labute approximate surface area is 132 Å². The van der Waals surface area contributed by atoms with E-state index < -0.39 is 16.1 Å². The van der Waals surface area contributed by atoms with Gasteiger partial charge in [-0.05, 0) is 31.9 Å². The van der Waals surface area contributed by atoms with Gasteiger partial charge in [-0.25, -0.2) is 0 Å². The van der Waals surface area contributed by atoms with Crippen LogP contribution in [-0.4, -0.2) is 27.6 Å². The fourth-order valence-electron chi connectivity index (χ4n) is 1.76. The topological polar surface area (TPSA) is 69.7 Å². The summed E-state index contributed by atoms with van der Waals surface area (Å²) in [5, 5.41) is 0. The number of carbonyl (C=O) groups excluding carboxylic acids is 1. The third-order valence-corrected chi connectivity index (χ3v) is 4.37. The molecule has 0 aliphatic rings. The summed E-state index contributed by atoms with van der Waals surface area (Å²) in [6.07, 6.45) is 3.06. The first-order chi connectivity index (χ1) is 10.3. The minimum atomic E-state index is -3.80. The van der Waals surface area contributed by atoms with Crippen LogP contribution in [0.2, 0.25) is 0 Å². The van der Waals surface area contributed by atoms with Crippen molar-refractivity contribution in [1.82, 2.24) is 0 Å². The molecule has 1 unspecified atom stereocenters. The second-order valence-corrected chi connectivity index (χ2v) is 6.70. The average Bonchev–Trinajstić information content (AvgIpc) is 2.46. The number of hydrogen-bond acceptors (Lipinski definition) is 5. The molecule has 5 nitrogen and oxygen atoms in total. The molecule has 0 aliphatic carbocycles. The molecule has 1 rings (SSSR count). The maximum absolute atomic E-state index is 12.1. The predicted molar refractivity (Wildman–Crippen MR) is 83.9 cm³/mol. The smallest absolute Gasteiger partial charge is 0.302 e. The Balaban J connectivity index is 2.66. The van der Waals surface area contributed by atoms with Crippen LogP contribution < -0.4 is 0 Å². The van der Waals surface area contributed by atoms with Crippen LogP contribution in [0.15, 0.2) is 41.8 Å². The van der Waals surface area contributed by atoms with E-state index in [0.29, 0.717) is 12.8 Å². The summed E-state index contributed by atoms with van der Waals surface area (Å²) in [6, 6.07) is 6.44. The highest BCUT2D eigenvalue weighted by molar-refractivity contribution is 7.86. The van der Waals surface area contributed by atoms with E-state index in [1.54, 1.807) is 18.2 Å². The lowest BCUT2D eigenvalue weighted by Gasteiger charge is -2.16. The van der Waals surface area contributed by atoms with E-state index in [4.69, 9.17) is 8.92 Å². The molecule has 1 atom stereocenters. The molecule has 0 heterocycles. The zero-order chi connectivity index (χ0) is 16.6. The summed E-state index contributed by atoms with van der Waals surface area (Å²) in [4.78, 5) is 11.0. The second kappa shape index (κ2) is 8.70. The zero-order valence-corrected chi connectivity index (χ0v) is 13.8. The zero-order valence-electron chi connectivity index (χ0n) is 12.9. The SMILES string of the molecule is C=CCCC(COC(C)=O)COS(=O)(=O)c1ccc(C)cc1. The molecule has 0 aromatic heterocycles. The number of aryl methyl sites for hydroxylation is 1. The van der Waals surface area contributed by atoms with Crippen molar-refractivity contribution >= 4 is 16.1 Å². The number of allylic oxidation sites excluding steroid dienone is 1. The maximum atomic E-state index is 12.1. The van der Waals surface area contributed by atoms with Crippen LogP contribution in [0.25, 0.3) is 0 Å². The lowest BCUT2D eigenvalue weighted by atomic mass is 10.1. The van der Waals surface area contributed by atoms with Gasteiger partial charge in [0.25, 0.3) is 10.1 Å². The van der Waals surface area contributed by atoms with E-state index in [2.05, 4.69) is 6.58 Å². The molecule has 6 heteroatoms. The predicted octanol–water partition coefficient (Wildman–Crippen LogP) is 2.85. The van der Waals surface area contributed by atoms with Crippen LogP contribution in [0.5, 0.6) is 0 Å². The van der Waals surface area contributed by atoms with Gasteiger partial charge in [0.2, 0.25) is 0 Å². The normalized spacial score (nSPS) is 12.6. The molecule has 122 valence electrons. The van der Waals surface area contributed by atoms with E-state index in [1.807, 2.05) is 6.92 Å². The Morgan fingerprint density at radius 2 is 1.91 bits per heavy atom. The van der Waals surface area contributed by atoms with Crippen LogP contribution >= 0.6 is 0 Å². The summed E-state index contributed by atoms with van der Waals surface area (Å²) in [5.41, 5.74) is 0.970. The van der Waals surface area contributed by atoms with Crippen molar-refractivity contribution in [1.29, 1.82) is 0 Å². The van der Waals surface area contributed by atoms with Gasteiger partial charge in [0.1, 0.15) is 0 Å². The Morgan fingerprint density at radius 3 is 2.45 bits per heavy atom. The maximum Gasteiger partial charge on any atom is 0.302 e. The Hall–Kier alpha value is -1.66. The molecule has 0 amide bonds. The van der Waals surface area contributed by atoms with E-state index in [-0.39, 0.29) is 24.0 Å².